The van der Waals surface area contributed by atoms with Crippen LogP contribution < -0.4 is 5.32 Å². The maximum atomic E-state index is 13.2. The molecule has 0 radical (unpaired) electrons. The average Bonchev–Trinajstić information content (AvgIpc) is 3.18. The van der Waals surface area contributed by atoms with E-state index in [-0.39, 0.29) is 5.91 Å². The Kier molecular flexibility index (Phi) is 7.55. The molecule has 2 aromatic heterocycles. The highest BCUT2D eigenvalue weighted by Crippen LogP contribution is 2.37. The molecule has 3 aromatic rings. The highest BCUT2D eigenvalue weighted by Gasteiger charge is 2.27. The van der Waals surface area contributed by atoms with Crippen molar-refractivity contribution < 1.29 is 4.79 Å². The van der Waals surface area contributed by atoms with Gasteiger partial charge in [-0.1, -0.05) is 42.4 Å². The predicted octanol–water partition coefficient (Wildman–Crippen LogP) is 5.70. The van der Waals surface area contributed by atoms with Crippen molar-refractivity contribution in [3.8, 4) is 23.4 Å². The number of nitriles is 2. The van der Waals surface area contributed by atoms with Gasteiger partial charge < -0.3 is 10.2 Å². The molecule has 6 nitrogen and oxygen atoms in total. The first-order valence-electron chi connectivity index (χ1n) is 10.8. The monoisotopic (exact) mass is 507 g/mol. The van der Waals surface area contributed by atoms with Gasteiger partial charge in [0.1, 0.15) is 22.2 Å². The number of aromatic nitrogens is 1. The number of thiophene rings is 1. The fourth-order valence-corrected chi connectivity index (χ4v) is 6.18. The highest BCUT2D eigenvalue weighted by atomic mass is 35.5. The van der Waals surface area contributed by atoms with E-state index in [0.717, 1.165) is 35.5 Å². The summed E-state index contributed by atoms with van der Waals surface area (Å²) < 4.78 is 0. The summed E-state index contributed by atoms with van der Waals surface area (Å²) in [6, 6.07) is 15.3. The average molecular weight is 508 g/mol. The van der Waals surface area contributed by atoms with Gasteiger partial charge in [0.25, 0.3) is 0 Å². The van der Waals surface area contributed by atoms with Crippen LogP contribution >= 0.6 is 34.7 Å². The van der Waals surface area contributed by atoms with E-state index in [1.807, 2.05) is 19.1 Å². The van der Waals surface area contributed by atoms with Crippen molar-refractivity contribution in [2.45, 2.75) is 36.6 Å². The van der Waals surface area contributed by atoms with Crippen LogP contribution in [0.1, 0.15) is 34.9 Å². The molecule has 0 saturated heterocycles. The van der Waals surface area contributed by atoms with Gasteiger partial charge in [-0.2, -0.15) is 10.5 Å². The van der Waals surface area contributed by atoms with Gasteiger partial charge in [0, 0.05) is 28.6 Å². The van der Waals surface area contributed by atoms with Gasteiger partial charge in [-0.05, 0) is 49.7 Å². The maximum Gasteiger partial charge on any atom is 0.238 e. The second-order valence-electron chi connectivity index (χ2n) is 7.98. The Morgan fingerprint density at radius 3 is 2.71 bits per heavy atom. The zero-order chi connectivity index (χ0) is 24.2. The Morgan fingerprint density at radius 1 is 1.26 bits per heavy atom. The van der Waals surface area contributed by atoms with E-state index < -0.39 is 5.25 Å². The second kappa shape index (κ2) is 10.6. The van der Waals surface area contributed by atoms with E-state index in [0.29, 0.717) is 38.3 Å². The molecule has 172 valence electrons. The number of hydrogen-bond acceptors (Lipinski definition) is 7. The second-order valence-corrected chi connectivity index (χ2v) is 10.7. The largest absolute Gasteiger partial charge is 0.316 e. The van der Waals surface area contributed by atoms with Gasteiger partial charge in [0.2, 0.25) is 5.91 Å². The third kappa shape index (κ3) is 5.11. The van der Waals surface area contributed by atoms with Gasteiger partial charge in [-0.3, -0.25) is 4.79 Å². The van der Waals surface area contributed by atoms with Crippen molar-refractivity contribution >= 4 is 45.6 Å². The van der Waals surface area contributed by atoms with Crippen LogP contribution in [0.15, 0.2) is 41.4 Å². The number of fused-ring (bicyclic) bond motifs is 1. The molecule has 4 rings (SSSR count). The fraction of sp³-hybridized carbons (Fsp3) is 0.280. The molecule has 34 heavy (non-hydrogen) atoms. The molecule has 1 N–H and O–H groups in total. The van der Waals surface area contributed by atoms with Crippen molar-refractivity contribution in [2.75, 3.05) is 18.9 Å². The first-order chi connectivity index (χ1) is 16.4. The van der Waals surface area contributed by atoms with Gasteiger partial charge >= 0.3 is 0 Å². The van der Waals surface area contributed by atoms with Crippen molar-refractivity contribution in [3.05, 3.63) is 63.0 Å². The number of pyridine rings is 1. The SMILES string of the molecule is CCC(Sc1nc(-c2ccc(Cl)cc2)ccc1C#N)C(=O)Nc1sc2c(c1C#N)CCN(C)C2. The number of halogens is 1. The van der Waals surface area contributed by atoms with E-state index in [9.17, 15) is 15.3 Å². The molecule has 1 aliphatic rings. The van der Waals surface area contributed by atoms with E-state index >= 15 is 0 Å². The number of thioether (sulfide) groups is 1. The summed E-state index contributed by atoms with van der Waals surface area (Å²) in [5, 5.41) is 23.6. The lowest BCUT2D eigenvalue weighted by Crippen LogP contribution is -2.25. The zero-order valence-electron chi connectivity index (χ0n) is 18.8. The number of benzene rings is 1. The topological polar surface area (TPSA) is 92.8 Å². The number of nitrogens with zero attached hydrogens (tertiary/aromatic N) is 4. The Morgan fingerprint density at radius 2 is 2.03 bits per heavy atom. The molecule has 0 saturated carbocycles. The van der Waals surface area contributed by atoms with Crippen LogP contribution in [0.3, 0.4) is 0 Å². The summed E-state index contributed by atoms with van der Waals surface area (Å²) in [6.07, 6.45) is 1.35. The molecule has 1 aromatic carbocycles. The summed E-state index contributed by atoms with van der Waals surface area (Å²) in [5.41, 5.74) is 3.62. The normalized spacial score (nSPS) is 14.0. The molecule has 1 unspecified atom stereocenters. The first-order valence-corrected chi connectivity index (χ1v) is 12.9. The lowest BCUT2D eigenvalue weighted by molar-refractivity contribution is -0.115. The molecule has 0 aliphatic carbocycles. The quantitative estimate of drug-likeness (QED) is 0.430. The summed E-state index contributed by atoms with van der Waals surface area (Å²) in [4.78, 5) is 21.2. The van der Waals surface area contributed by atoms with Crippen LogP contribution in [-0.2, 0) is 17.8 Å². The molecule has 9 heteroatoms. The molecule has 3 heterocycles. The zero-order valence-corrected chi connectivity index (χ0v) is 21.2. The van der Waals surface area contributed by atoms with Crippen LogP contribution in [0, 0.1) is 22.7 Å². The summed E-state index contributed by atoms with van der Waals surface area (Å²) >= 11 is 8.74. The predicted molar refractivity (Wildman–Crippen MR) is 137 cm³/mol. The van der Waals surface area contributed by atoms with E-state index in [1.165, 1.54) is 23.1 Å². The molecule has 1 atom stereocenters. The number of hydrogen-bond donors (Lipinski definition) is 1. The number of amides is 1. The summed E-state index contributed by atoms with van der Waals surface area (Å²) in [5.74, 6) is -0.196. The summed E-state index contributed by atoms with van der Waals surface area (Å²) in [7, 11) is 2.05. The van der Waals surface area contributed by atoms with E-state index in [1.54, 1.807) is 24.3 Å². The maximum absolute atomic E-state index is 13.2. The number of nitrogens with one attached hydrogen (secondary N) is 1. The van der Waals surface area contributed by atoms with Crippen molar-refractivity contribution in [1.82, 2.24) is 9.88 Å². The minimum atomic E-state index is -0.464. The van der Waals surface area contributed by atoms with Crippen LogP contribution in [0.25, 0.3) is 11.3 Å². The van der Waals surface area contributed by atoms with Crippen LogP contribution in [-0.4, -0.2) is 34.6 Å². The van der Waals surface area contributed by atoms with Crippen LogP contribution in [0.4, 0.5) is 5.00 Å². The summed E-state index contributed by atoms with van der Waals surface area (Å²) in [6.45, 7) is 3.60. The van der Waals surface area contributed by atoms with Crippen molar-refractivity contribution in [2.24, 2.45) is 0 Å². The molecule has 0 spiro atoms. The van der Waals surface area contributed by atoms with Crippen LogP contribution in [0.2, 0.25) is 5.02 Å². The van der Waals surface area contributed by atoms with Crippen molar-refractivity contribution in [1.29, 1.82) is 10.5 Å². The number of anilines is 1. The smallest absolute Gasteiger partial charge is 0.238 e. The van der Waals surface area contributed by atoms with E-state index in [4.69, 9.17) is 11.6 Å². The standard InChI is InChI=1S/C25H22ClN5OS2/c1-3-21(23(32)30-25-19(13-28)18-10-11-31(2)14-22(18)34-25)33-24-16(12-27)6-9-20(29-24)15-4-7-17(26)8-5-15/h4-9,21H,3,10-11,14H2,1-2H3,(H,30,32). The number of carbonyl (C=O) groups is 1. The van der Waals surface area contributed by atoms with Gasteiger partial charge in [-0.25, -0.2) is 4.98 Å². The number of likely N-dealkylation sites (N-methyl/N-ethyl adjacent to an activating group) is 1. The minimum absolute atomic E-state index is 0.196. The molecular weight excluding hydrogens is 486 g/mol. The molecule has 0 fully saturated rings. The van der Waals surface area contributed by atoms with Crippen molar-refractivity contribution in [3.63, 3.8) is 0 Å². The first kappa shape index (κ1) is 24.3. The third-order valence-electron chi connectivity index (χ3n) is 5.63. The number of carbonyl (C=O) groups excluding carboxylic acids is 1. The fourth-order valence-electron chi connectivity index (χ4n) is 3.78. The lowest BCUT2D eigenvalue weighted by Gasteiger charge is -2.21. The Balaban J connectivity index is 1.57. The molecule has 1 amide bonds. The minimum Gasteiger partial charge on any atom is -0.316 e. The Hall–Kier alpha value is -2.88. The lowest BCUT2D eigenvalue weighted by atomic mass is 10.0. The highest BCUT2D eigenvalue weighted by molar-refractivity contribution is 8.00. The number of rotatable bonds is 6. The van der Waals surface area contributed by atoms with Gasteiger partial charge in [0.15, 0.2) is 0 Å². The molecule has 0 bridgehead atoms. The Bertz CT molecular complexity index is 1310. The van der Waals surface area contributed by atoms with E-state index in [2.05, 4.69) is 34.4 Å². The molecule has 1 aliphatic heterocycles. The van der Waals surface area contributed by atoms with Crippen LogP contribution in [0.5, 0.6) is 0 Å². The Labute approximate surface area is 212 Å². The van der Waals surface area contributed by atoms with Gasteiger partial charge in [-0.15, -0.1) is 11.3 Å². The van der Waals surface area contributed by atoms with Gasteiger partial charge in [0.05, 0.1) is 22.1 Å². The molecular formula is C25H22ClN5OS2. The third-order valence-corrected chi connectivity index (χ3v) is 8.38.